The van der Waals surface area contributed by atoms with Crippen LogP contribution in [-0.2, 0) is 12.7 Å². The van der Waals surface area contributed by atoms with Crippen molar-refractivity contribution in [2.75, 3.05) is 13.1 Å². The van der Waals surface area contributed by atoms with Crippen LogP contribution in [0.1, 0.15) is 24.0 Å². The summed E-state index contributed by atoms with van der Waals surface area (Å²) in [6.07, 6.45) is -3.15. The lowest BCUT2D eigenvalue weighted by Crippen LogP contribution is -3.12. The summed E-state index contributed by atoms with van der Waals surface area (Å²) in [4.78, 5) is 1.08. The Balaban J connectivity index is 2.09. The molecule has 19 heavy (non-hydrogen) atoms. The third-order valence-electron chi connectivity index (χ3n) is 3.45. The first-order chi connectivity index (χ1) is 8.86. The third-order valence-corrected chi connectivity index (χ3v) is 3.45. The number of phenols is 1. The summed E-state index contributed by atoms with van der Waals surface area (Å²) in [5.74, 6) is -0.331. The molecule has 2 unspecified atom stereocenters. The number of nitrogens with one attached hydrogen (secondary N) is 1. The molecule has 0 bridgehead atoms. The summed E-state index contributed by atoms with van der Waals surface area (Å²) >= 11 is 0. The topological polar surface area (TPSA) is 44.9 Å². The maximum Gasteiger partial charge on any atom is 0.416 e. The van der Waals surface area contributed by atoms with Crippen LogP contribution in [-0.4, -0.2) is 29.4 Å². The Labute approximate surface area is 109 Å². The van der Waals surface area contributed by atoms with Crippen LogP contribution < -0.4 is 4.90 Å². The molecule has 3 N–H and O–H groups in total. The summed E-state index contributed by atoms with van der Waals surface area (Å²) in [6, 6.07) is 3.05. The van der Waals surface area contributed by atoms with Crippen molar-refractivity contribution in [2.45, 2.75) is 31.7 Å². The Morgan fingerprint density at radius 3 is 2.63 bits per heavy atom. The van der Waals surface area contributed by atoms with Crippen LogP contribution >= 0.6 is 0 Å². The Morgan fingerprint density at radius 2 is 2.05 bits per heavy atom. The molecule has 1 aliphatic rings. The molecule has 1 aromatic rings. The van der Waals surface area contributed by atoms with Crippen molar-refractivity contribution in [2.24, 2.45) is 0 Å². The minimum Gasteiger partial charge on any atom is -0.507 e. The van der Waals surface area contributed by atoms with E-state index >= 15 is 0 Å². The normalized spacial score (nSPS) is 24.4. The van der Waals surface area contributed by atoms with Gasteiger partial charge in [0.1, 0.15) is 24.9 Å². The monoisotopic (exact) mass is 276 g/mol. The quantitative estimate of drug-likeness (QED) is 0.753. The number of hydrogen-bond donors (Lipinski definition) is 3. The summed E-state index contributed by atoms with van der Waals surface area (Å²) in [6.45, 7) is 1.86. The molecule has 0 aromatic heterocycles. The van der Waals surface area contributed by atoms with Gasteiger partial charge in [-0.3, -0.25) is 0 Å². The van der Waals surface area contributed by atoms with Crippen molar-refractivity contribution in [3.05, 3.63) is 29.3 Å². The van der Waals surface area contributed by atoms with Gasteiger partial charge in [0.25, 0.3) is 0 Å². The van der Waals surface area contributed by atoms with E-state index < -0.39 is 11.7 Å². The van der Waals surface area contributed by atoms with Gasteiger partial charge in [-0.25, -0.2) is 0 Å². The number of aromatic hydroxyl groups is 1. The molecule has 1 aromatic carbocycles. The molecular weight excluding hydrogens is 259 g/mol. The average Bonchev–Trinajstić information content (AvgIpc) is 2.30. The van der Waals surface area contributed by atoms with Gasteiger partial charge in [0.15, 0.2) is 0 Å². The van der Waals surface area contributed by atoms with Crippen LogP contribution in [0, 0.1) is 0 Å². The molecule has 2 rings (SSSR count). The van der Waals surface area contributed by atoms with Gasteiger partial charge in [-0.05, 0) is 31.0 Å². The molecule has 2 atom stereocenters. The molecule has 1 fully saturated rings. The second-order valence-corrected chi connectivity index (χ2v) is 5.02. The van der Waals surface area contributed by atoms with Gasteiger partial charge in [0.05, 0.1) is 12.1 Å². The lowest BCUT2D eigenvalue weighted by molar-refractivity contribution is -0.921. The lowest BCUT2D eigenvalue weighted by atomic mass is 10.1. The Hall–Kier alpha value is -1.27. The fourth-order valence-corrected chi connectivity index (χ4v) is 2.44. The van der Waals surface area contributed by atoms with Gasteiger partial charge >= 0.3 is 6.18 Å². The van der Waals surface area contributed by atoms with Crippen LogP contribution in [0.2, 0.25) is 0 Å². The van der Waals surface area contributed by atoms with Crippen molar-refractivity contribution < 1.29 is 28.3 Å². The number of aliphatic hydroxyl groups excluding tert-OH is 1. The number of rotatable bonds is 2. The molecule has 0 radical (unpaired) electrons. The lowest BCUT2D eigenvalue weighted by Gasteiger charge is -2.27. The van der Waals surface area contributed by atoms with E-state index in [1.807, 2.05) is 0 Å². The number of aliphatic hydroxyl groups is 1. The summed E-state index contributed by atoms with van der Waals surface area (Å²) in [5.41, 5.74) is -0.362. The molecule has 0 saturated carbocycles. The number of halogens is 3. The number of phenolic OH excluding ortho intramolecular Hbond substituents is 1. The van der Waals surface area contributed by atoms with E-state index in [0.29, 0.717) is 18.7 Å². The van der Waals surface area contributed by atoms with E-state index in [2.05, 4.69) is 0 Å². The second kappa shape index (κ2) is 5.38. The molecule has 3 nitrogen and oxygen atoms in total. The highest BCUT2D eigenvalue weighted by atomic mass is 19.4. The van der Waals surface area contributed by atoms with Crippen LogP contribution in [0.25, 0.3) is 0 Å². The van der Waals surface area contributed by atoms with Gasteiger partial charge in [-0.2, -0.15) is 13.2 Å². The van der Waals surface area contributed by atoms with Crippen molar-refractivity contribution in [1.29, 1.82) is 0 Å². The predicted molar refractivity (Wildman–Crippen MR) is 62.8 cm³/mol. The number of quaternary nitrogens is 1. The number of alkyl halides is 3. The first-order valence-corrected chi connectivity index (χ1v) is 6.27. The second-order valence-electron chi connectivity index (χ2n) is 5.02. The standard InChI is InChI=1S/C13H16F3NO2/c14-13(15,16)10-4-3-9(12(19)6-10)7-17-5-1-2-11(18)8-17/h3-4,6,11,18-19H,1-2,5,7-8H2/p+1. The van der Waals surface area contributed by atoms with Crippen molar-refractivity contribution in [1.82, 2.24) is 0 Å². The first-order valence-electron chi connectivity index (χ1n) is 6.27. The molecule has 0 spiro atoms. The van der Waals surface area contributed by atoms with Gasteiger partial charge in [-0.1, -0.05) is 0 Å². The minimum absolute atomic E-state index is 0.331. The van der Waals surface area contributed by atoms with E-state index in [1.54, 1.807) is 0 Å². The SMILES string of the molecule is Oc1cc(C(F)(F)F)ccc1C[NH+]1CCCC(O)C1. The van der Waals surface area contributed by atoms with Gasteiger partial charge in [0, 0.05) is 5.56 Å². The largest absolute Gasteiger partial charge is 0.507 e. The van der Waals surface area contributed by atoms with E-state index in [0.717, 1.165) is 36.4 Å². The molecule has 106 valence electrons. The van der Waals surface area contributed by atoms with E-state index in [4.69, 9.17) is 0 Å². The fraction of sp³-hybridized carbons (Fsp3) is 0.538. The molecule has 6 heteroatoms. The van der Waals surface area contributed by atoms with Crippen LogP contribution in [0.5, 0.6) is 5.75 Å². The van der Waals surface area contributed by atoms with E-state index in [-0.39, 0.29) is 11.9 Å². The van der Waals surface area contributed by atoms with E-state index in [1.165, 1.54) is 6.07 Å². The van der Waals surface area contributed by atoms with Gasteiger partial charge in [-0.15, -0.1) is 0 Å². The number of benzene rings is 1. The van der Waals surface area contributed by atoms with Crippen LogP contribution in [0.4, 0.5) is 13.2 Å². The highest BCUT2D eigenvalue weighted by molar-refractivity contribution is 5.37. The van der Waals surface area contributed by atoms with Gasteiger partial charge in [0.2, 0.25) is 0 Å². The summed E-state index contributed by atoms with van der Waals surface area (Å²) in [5, 5.41) is 19.2. The minimum atomic E-state index is -4.44. The number of hydrogen-bond acceptors (Lipinski definition) is 2. The van der Waals surface area contributed by atoms with Crippen LogP contribution in [0.15, 0.2) is 18.2 Å². The zero-order valence-corrected chi connectivity index (χ0v) is 10.4. The fourth-order valence-electron chi connectivity index (χ4n) is 2.44. The number of piperidine rings is 1. The average molecular weight is 276 g/mol. The Kier molecular flexibility index (Phi) is 4.01. The summed E-state index contributed by atoms with van der Waals surface area (Å²) < 4.78 is 37.4. The zero-order valence-electron chi connectivity index (χ0n) is 10.4. The highest BCUT2D eigenvalue weighted by Crippen LogP contribution is 2.32. The molecule has 0 amide bonds. The molecule has 1 heterocycles. The van der Waals surface area contributed by atoms with Crippen molar-refractivity contribution in [3.63, 3.8) is 0 Å². The third kappa shape index (κ3) is 3.61. The smallest absolute Gasteiger partial charge is 0.416 e. The zero-order chi connectivity index (χ0) is 14.0. The maximum absolute atomic E-state index is 12.5. The molecule has 1 saturated heterocycles. The molecule has 1 aliphatic heterocycles. The Morgan fingerprint density at radius 1 is 1.32 bits per heavy atom. The van der Waals surface area contributed by atoms with Crippen LogP contribution in [0.3, 0.4) is 0 Å². The van der Waals surface area contributed by atoms with Crippen molar-refractivity contribution in [3.8, 4) is 5.75 Å². The predicted octanol–water partition coefficient (Wildman–Crippen LogP) is 0.951. The highest BCUT2D eigenvalue weighted by Gasteiger charge is 2.31. The van der Waals surface area contributed by atoms with Crippen molar-refractivity contribution >= 4 is 0 Å². The Bertz CT molecular complexity index is 448. The van der Waals surface area contributed by atoms with E-state index in [9.17, 15) is 23.4 Å². The maximum atomic E-state index is 12.5. The number of likely N-dealkylation sites (tertiary alicyclic amines) is 1. The van der Waals surface area contributed by atoms with Gasteiger partial charge < -0.3 is 15.1 Å². The molecular formula is C13H17F3NO2+. The summed E-state index contributed by atoms with van der Waals surface area (Å²) in [7, 11) is 0. The molecule has 0 aliphatic carbocycles. The first kappa shape index (κ1) is 14.1.